The van der Waals surface area contributed by atoms with Gasteiger partial charge in [0.05, 0.1) is 5.92 Å². The number of halogens is 1. The summed E-state index contributed by atoms with van der Waals surface area (Å²) in [6, 6.07) is 7.86. The predicted molar refractivity (Wildman–Crippen MR) is 79.3 cm³/mol. The summed E-state index contributed by atoms with van der Waals surface area (Å²) in [5, 5.41) is 0. The molecular formula is C14H23ClN2O. The van der Waals surface area contributed by atoms with Gasteiger partial charge in [-0.2, -0.15) is 0 Å². The largest absolute Gasteiger partial charge is 0.327 e. The molecule has 2 N–H and O–H groups in total. The quantitative estimate of drug-likeness (QED) is 0.914. The molecule has 0 saturated heterocycles. The van der Waals surface area contributed by atoms with Crippen LogP contribution in [-0.4, -0.2) is 18.5 Å². The van der Waals surface area contributed by atoms with Gasteiger partial charge < -0.3 is 10.6 Å². The second-order valence-electron chi connectivity index (χ2n) is 4.57. The Morgan fingerprint density at radius 1 is 1.28 bits per heavy atom. The molecule has 0 radical (unpaired) electrons. The lowest BCUT2D eigenvalue weighted by Gasteiger charge is -2.26. The highest BCUT2D eigenvalue weighted by Gasteiger charge is 2.23. The maximum atomic E-state index is 12.2. The van der Waals surface area contributed by atoms with Crippen molar-refractivity contribution in [2.45, 2.75) is 33.7 Å². The zero-order valence-electron chi connectivity index (χ0n) is 11.5. The van der Waals surface area contributed by atoms with Crippen LogP contribution in [-0.2, 0) is 4.79 Å². The van der Waals surface area contributed by atoms with E-state index < -0.39 is 0 Å². The van der Waals surface area contributed by atoms with E-state index in [4.69, 9.17) is 5.73 Å². The number of carbonyl (C=O) groups excluding carboxylic acids is 1. The van der Waals surface area contributed by atoms with E-state index in [0.717, 1.165) is 5.69 Å². The Balaban J connectivity index is 0.00000289. The third-order valence-electron chi connectivity index (χ3n) is 3.11. The Bertz CT molecular complexity index is 376. The molecule has 1 amide bonds. The zero-order valence-corrected chi connectivity index (χ0v) is 12.3. The Kier molecular flexibility index (Phi) is 6.96. The van der Waals surface area contributed by atoms with Gasteiger partial charge in [-0.25, -0.2) is 0 Å². The molecule has 18 heavy (non-hydrogen) atoms. The van der Waals surface area contributed by atoms with Crippen LogP contribution >= 0.6 is 12.4 Å². The number of nitrogens with zero attached hydrogens (tertiary/aromatic N) is 1. The van der Waals surface area contributed by atoms with Crippen molar-refractivity contribution >= 4 is 24.0 Å². The van der Waals surface area contributed by atoms with E-state index in [9.17, 15) is 4.79 Å². The van der Waals surface area contributed by atoms with Crippen LogP contribution in [0.1, 0.15) is 26.3 Å². The summed E-state index contributed by atoms with van der Waals surface area (Å²) in [5.41, 5.74) is 7.92. The smallest absolute Gasteiger partial charge is 0.231 e. The van der Waals surface area contributed by atoms with Gasteiger partial charge in [0.25, 0.3) is 0 Å². The number of anilines is 1. The van der Waals surface area contributed by atoms with Crippen molar-refractivity contribution < 1.29 is 4.79 Å². The van der Waals surface area contributed by atoms with Gasteiger partial charge in [0.15, 0.2) is 0 Å². The van der Waals surface area contributed by atoms with E-state index in [1.165, 1.54) is 5.56 Å². The van der Waals surface area contributed by atoms with Gasteiger partial charge >= 0.3 is 0 Å². The SMILES string of the molecule is CCN(C(=O)C(C)C(C)N)c1ccc(C)cc1.Cl. The molecule has 4 heteroatoms. The summed E-state index contributed by atoms with van der Waals surface area (Å²) >= 11 is 0. The first-order valence-electron chi connectivity index (χ1n) is 6.11. The lowest BCUT2D eigenvalue weighted by molar-refractivity contribution is -0.122. The first-order chi connectivity index (χ1) is 7.97. The van der Waals surface area contributed by atoms with Crippen molar-refractivity contribution in [1.29, 1.82) is 0 Å². The van der Waals surface area contributed by atoms with Crippen LogP contribution in [0.2, 0.25) is 0 Å². The normalized spacial score (nSPS) is 13.4. The molecule has 2 unspecified atom stereocenters. The predicted octanol–water partition coefficient (Wildman–Crippen LogP) is 2.75. The molecular weight excluding hydrogens is 248 g/mol. The summed E-state index contributed by atoms with van der Waals surface area (Å²) in [7, 11) is 0. The van der Waals surface area contributed by atoms with Gasteiger partial charge in [-0.3, -0.25) is 4.79 Å². The fourth-order valence-electron chi connectivity index (χ4n) is 1.66. The van der Waals surface area contributed by atoms with E-state index in [1.54, 1.807) is 4.90 Å². The molecule has 0 saturated carbocycles. The number of nitrogens with two attached hydrogens (primary N) is 1. The molecule has 0 bridgehead atoms. The maximum absolute atomic E-state index is 12.2. The number of rotatable bonds is 4. The van der Waals surface area contributed by atoms with Crippen molar-refractivity contribution in [2.75, 3.05) is 11.4 Å². The van der Waals surface area contributed by atoms with E-state index in [2.05, 4.69) is 0 Å². The van der Waals surface area contributed by atoms with Crippen LogP contribution in [0.3, 0.4) is 0 Å². The molecule has 2 atom stereocenters. The van der Waals surface area contributed by atoms with Gasteiger partial charge in [-0.05, 0) is 32.9 Å². The van der Waals surface area contributed by atoms with Crippen LogP contribution in [0.25, 0.3) is 0 Å². The van der Waals surface area contributed by atoms with E-state index in [0.29, 0.717) is 6.54 Å². The lowest BCUT2D eigenvalue weighted by atomic mass is 10.0. The minimum Gasteiger partial charge on any atom is -0.327 e. The highest BCUT2D eigenvalue weighted by atomic mass is 35.5. The molecule has 1 aromatic carbocycles. The molecule has 0 spiro atoms. The van der Waals surface area contributed by atoms with Gasteiger partial charge in [0.1, 0.15) is 0 Å². The molecule has 0 aliphatic heterocycles. The Hall–Kier alpha value is -1.06. The number of hydrogen-bond donors (Lipinski definition) is 1. The van der Waals surface area contributed by atoms with Crippen LogP contribution in [0.4, 0.5) is 5.69 Å². The zero-order chi connectivity index (χ0) is 13.0. The number of aryl methyl sites for hydroxylation is 1. The lowest BCUT2D eigenvalue weighted by Crippen LogP contribution is -2.41. The van der Waals surface area contributed by atoms with E-state index >= 15 is 0 Å². The first kappa shape index (κ1) is 16.9. The van der Waals surface area contributed by atoms with Crippen molar-refractivity contribution in [2.24, 2.45) is 11.7 Å². The molecule has 102 valence electrons. The van der Waals surface area contributed by atoms with Crippen molar-refractivity contribution in [3.63, 3.8) is 0 Å². The second-order valence-corrected chi connectivity index (χ2v) is 4.57. The fraction of sp³-hybridized carbons (Fsp3) is 0.500. The first-order valence-corrected chi connectivity index (χ1v) is 6.11. The van der Waals surface area contributed by atoms with Gasteiger partial charge in [0.2, 0.25) is 5.91 Å². The minimum absolute atomic E-state index is 0. The highest BCUT2D eigenvalue weighted by molar-refractivity contribution is 5.95. The molecule has 1 aromatic rings. The molecule has 3 nitrogen and oxygen atoms in total. The van der Waals surface area contributed by atoms with Crippen molar-refractivity contribution in [1.82, 2.24) is 0 Å². The molecule has 0 heterocycles. The van der Waals surface area contributed by atoms with Crippen molar-refractivity contribution in [3.8, 4) is 0 Å². The third kappa shape index (κ3) is 4.00. The average molecular weight is 271 g/mol. The van der Waals surface area contributed by atoms with Gasteiger partial charge in [-0.15, -0.1) is 12.4 Å². The molecule has 0 fully saturated rings. The molecule has 0 aliphatic carbocycles. The molecule has 0 aliphatic rings. The summed E-state index contributed by atoms with van der Waals surface area (Å²) < 4.78 is 0. The number of carbonyl (C=O) groups is 1. The molecule has 0 aromatic heterocycles. The van der Waals surface area contributed by atoms with Gasteiger partial charge in [0, 0.05) is 18.3 Å². The van der Waals surface area contributed by atoms with E-state index in [1.807, 2.05) is 52.0 Å². The topological polar surface area (TPSA) is 46.3 Å². The summed E-state index contributed by atoms with van der Waals surface area (Å²) in [5.74, 6) is -0.0670. The van der Waals surface area contributed by atoms with E-state index in [-0.39, 0.29) is 30.3 Å². The van der Waals surface area contributed by atoms with Crippen LogP contribution in [0.15, 0.2) is 24.3 Å². The molecule has 1 rings (SSSR count). The third-order valence-corrected chi connectivity index (χ3v) is 3.11. The summed E-state index contributed by atoms with van der Waals surface area (Å²) in [4.78, 5) is 14.0. The monoisotopic (exact) mass is 270 g/mol. The summed E-state index contributed by atoms with van der Waals surface area (Å²) in [6.45, 7) is 8.42. The Morgan fingerprint density at radius 2 is 1.78 bits per heavy atom. The number of hydrogen-bond acceptors (Lipinski definition) is 2. The van der Waals surface area contributed by atoms with Crippen molar-refractivity contribution in [3.05, 3.63) is 29.8 Å². The highest BCUT2D eigenvalue weighted by Crippen LogP contribution is 2.18. The Labute approximate surface area is 116 Å². The second kappa shape index (κ2) is 7.39. The number of amides is 1. The average Bonchev–Trinajstić information content (AvgIpc) is 2.31. The van der Waals surface area contributed by atoms with Crippen LogP contribution in [0.5, 0.6) is 0 Å². The Morgan fingerprint density at radius 3 is 2.17 bits per heavy atom. The maximum Gasteiger partial charge on any atom is 0.231 e. The van der Waals surface area contributed by atoms with Crippen LogP contribution in [0, 0.1) is 12.8 Å². The van der Waals surface area contributed by atoms with Crippen LogP contribution < -0.4 is 10.6 Å². The summed E-state index contributed by atoms with van der Waals surface area (Å²) in [6.07, 6.45) is 0. The minimum atomic E-state index is -0.156. The number of benzene rings is 1. The standard InChI is InChI=1S/C14H22N2O.ClH/c1-5-16(14(17)11(3)12(4)15)13-8-6-10(2)7-9-13;/h6-9,11-12H,5,15H2,1-4H3;1H. The fourth-order valence-corrected chi connectivity index (χ4v) is 1.66. The van der Waals surface area contributed by atoms with Gasteiger partial charge in [-0.1, -0.05) is 24.6 Å².